The first-order valence-corrected chi connectivity index (χ1v) is 8.33. The van der Waals surface area contributed by atoms with Gasteiger partial charge in [0.15, 0.2) is 0 Å². The Labute approximate surface area is 133 Å². The normalized spacial score (nSPS) is 15.8. The van der Waals surface area contributed by atoms with E-state index in [-0.39, 0.29) is 5.91 Å². The van der Waals surface area contributed by atoms with Gasteiger partial charge in [0.25, 0.3) is 5.91 Å². The smallest absolute Gasteiger partial charge is 0.251 e. The summed E-state index contributed by atoms with van der Waals surface area (Å²) in [6.07, 6.45) is 7.77. The molecule has 122 valence electrons. The number of methoxy groups -OCH3 is 1. The summed E-state index contributed by atoms with van der Waals surface area (Å²) in [4.78, 5) is 14.5. The summed E-state index contributed by atoms with van der Waals surface area (Å²) in [7, 11) is 3.83. The minimum Gasteiger partial charge on any atom is -0.497 e. The third-order valence-electron chi connectivity index (χ3n) is 4.52. The summed E-state index contributed by atoms with van der Waals surface area (Å²) in [6, 6.07) is 7.95. The van der Waals surface area contributed by atoms with Gasteiger partial charge < -0.3 is 15.0 Å². The monoisotopic (exact) mass is 304 g/mol. The molecule has 2 rings (SSSR count). The Morgan fingerprint density at radius 2 is 1.91 bits per heavy atom. The number of hydrogen-bond donors (Lipinski definition) is 1. The van der Waals surface area contributed by atoms with Crippen LogP contribution in [0.3, 0.4) is 0 Å². The quantitative estimate of drug-likeness (QED) is 0.787. The summed E-state index contributed by atoms with van der Waals surface area (Å²) < 4.78 is 5.09. The van der Waals surface area contributed by atoms with Gasteiger partial charge in [-0.05, 0) is 57.1 Å². The van der Waals surface area contributed by atoms with Crippen LogP contribution in [0.25, 0.3) is 0 Å². The molecule has 1 aromatic carbocycles. The maximum absolute atomic E-state index is 12.0. The molecule has 0 spiro atoms. The van der Waals surface area contributed by atoms with E-state index >= 15 is 0 Å². The van der Waals surface area contributed by atoms with Crippen molar-refractivity contribution in [1.82, 2.24) is 10.2 Å². The minimum absolute atomic E-state index is 0.0111. The molecule has 0 aromatic heterocycles. The Morgan fingerprint density at radius 3 is 2.55 bits per heavy atom. The van der Waals surface area contributed by atoms with Crippen molar-refractivity contribution in [2.24, 2.45) is 0 Å². The van der Waals surface area contributed by atoms with Gasteiger partial charge in [-0.3, -0.25) is 4.79 Å². The molecule has 0 saturated heterocycles. The van der Waals surface area contributed by atoms with Gasteiger partial charge in [0.1, 0.15) is 5.75 Å². The maximum atomic E-state index is 12.0. The van der Waals surface area contributed by atoms with Crippen molar-refractivity contribution in [3.05, 3.63) is 29.8 Å². The van der Waals surface area contributed by atoms with Gasteiger partial charge in [0.2, 0.25) is 0 Å². The molecule has 22 heavy (non-hydrogen) atoms. The molecule has 1 aliphatic rings. The SMILES string of the molecule is COc1ccc(C(=O)NCCCN(C)C2CCCCC2)cc1. The lowest BCUT2D eigenvalue weighted by atomic mass is 9.94. The Balaban J connectivity index is 1.65. The Hall–Kier alpha value is -1.55. The summed E-state index contributed by atoms with van der Waals surface area (Å²) in [5.41, 5.74) is 0.682. The highest BCUT2D eigenvalue weighted by Gasteiger charge is 2.17. The second kappa shape index (κ2) is 8.79. The van der Waals surface area contributed by atoms with E-state index in [1.807, 2.05) is 12.1 Å². The molecule has 0 radical (unpaired) electrons. The van der Waals surface area contributed by atoms with E-state index in [2.05, 4.69) is 17.3 Å². The van der Waals surface area contributed by atoms with Crippen LogP contribution in [0.1, 0.15) is 48.9 Å². The molecule has 1 aliphatic carbocycles. The number of ether oxygens (including phenoxy) is 1. The van der Waals surface area contributed by atoms with E-state index in [0.717, 1.165) is 31.3 Å². The average Bonchev–Trinajstić information content (AvgIpc) is 2.59. The molecule has 0 aliphatic heterocycles. The highest BCUT2D eigenvalue weighted by Crippen LogP contribution is 2.21. The van der Waals surface area contributed by atoms with Crippen LogP contribution >= 0.6 is 0 Å². The number of carbonyl (C=O) groups is 1. The maximum Gasteiger partial charge on any atom is 0.251 e. The second-order valence-corrected chi connectivity index (χ2v) is 6.11. The zero-order valence-electron chi connectivity index (χ0n) is 13.8. The molecule has 1 saturated carbocycles. The van der Waals surface area contributed by atoms with Crippen LogP contribution in [0, 0.1) is 0 Å². The predicted molar refractivity (Wildman–Crippen MR) is 89.4 cm³/mol. The fraction of sp³-hybridized carbons (Fsp3) is 0.611. The van der Waals surface area contributed by atoms with E-state index in [4.69, 9.17) is 4.74 Å². The number of benzene rings is 1. The molecule has 0 bridgehead atoms. The molecule has 1 N–H and O–H groups in total. The van der Waals surface area contributed by atoms with Crippen LogP contribution in [-0.2, 0) is 0 Å². The average molecular weight is 304 g/mol. The first kappa shape index (κ1) is 16.8. The molecule has 0 unspecified atom stereocenters. The predicted octanol–water partition coefficient (Wildman–Crippen LogP) is 3.08. The van der Waals surface area contributed by atoms with Crippen molar-refractivity contribution < 1.29 is 9.53 Å². The van der Waals surface area contributed by atoms with Gasteiger partial charge >= 0.3 is 0 Å². The molecule has 0 heterocycles. The highest BCUT2D eigenvalue weighted by molar-refractivity contribution is 5.94. The van der Waals surface area contributed by atoms with Crippen molar-refractivity contribution in [1.29, 1.82) is 0 Å². The Morgan fingerprint density at radius 1 is 1.23 bits per heavy atom. The lowest BCUT2D eigenvalue weighted by molar-refractivity contribution is 0.0950. The summed E-state index contributed by atoms with van der Waals surface area (Å²) in [5, 5.41) is 2.99. The van der Waals surface area contributed by atoms with Gasteiger partial charge in [0.05, 0.1) is 7.11 Å². The molecule has 4 nitrogen and oxygen atoms in total. The summed E-state index contributed by atoms with van der Waals surface area (Å²) in [6.45, 7) is 1.77. The van der Waals surface area contributed by atoms with Crippen LogP contribution in [-0.4, -0.2) is 44.1 Å². The molecule has 1 amide bonds. The third kappa shape index (κ3) is 5.02. The summed E-state index contributed by atoms with van der Waals surface area (Å²) in [5.74, 6) is 0.758. The van der Waals surface area contributed by atoms with E-state index in [0.29, 0.717) is 5.56 Å². The van der Waals surface area contributed by atoms with Crippen molar-refractivity contribution in [3.63, 3.8) is 0 Å². The van der Waals surface area contributed by atoms with Crippen LogP contribution < -0.4 is 10.1 Å². The number of nitrogens with zero attached hydrogens (tertiary/aromatic N) is 1. The molecular weight excluding hydrogens is 276 g/mol. The topological polar surface area (TPSA) is 41.6 Å². The highest BCUT2D eigenvalue weighted by atomic mass is 16.5. The molecule has 4 heteroatoms. The van der Waals surface area contributed by atoms with Crippen LogP contribution in [0.2, 0.25) is 0 Å². The van der Waals surface area contributed by atoms with Crippen LogP contribution in [0.15, 0.2) is 24.3 Å². The van der Waals surface area contributed by atoms with Crippen LogP contribution in [0.5, 0.6) is 5.75 Å². The number of hydrogen-bond acceptors (Lipinski definition) is 3. The molecule has 1 fully saturated rings. The number of amides is 1. The van der Waals surface area contributed by atoms with Gasteiger partial charge in [-0.25, -0.2) is 0 Å². The fourth-order valence-corrected chi connectivity index (χ4v) is 3.08. The van der Waals surface area contributed by atoms with E-state index in [1.54, 1.807) is 19.2 Å². The van der Waals surface area contributed by atoms with Crippen molar-refractivity contribution in [3.8, 4) is 5.75 Å². The number of nitrogens with one attached hydrogen (secondary N) is 1. The van der Waals surface area contributed by atoms with Gasteiger partial charge in [-0.15, -0.1) is 0 Å². The van der Waals surface area contributed by atoms with E-state index < -0.39 is 0 Å². The zero-order valence-corrected chi connectivity index (χ0v) is 13.8. The van der Waals surface area contributed by atoms with Crippen LogP contribution in [0.4, 0.5) is 0 Å². The molecule has 0 atom stereocenters. The van der Waals surface area contributed by atoms with E-state index in [1.165, 1.54) is 32.1 Å². The lowest BCUT2D eigenvalue weighted by Crippen LogP contribution is -2.35. The summed E-state index contributed by atoms with van der Waals surface area (Å²) >= 11 is 0. The zero-order chi connectivity index (χ0) is 15.8. The van der Waals surface area contributed by atoms with Gasteiger partial charge in [-0.2, -0.15) is 0 Å². The first-order chi connectivity index (χ1) is 10.7. The van der Waals surface area contributed by atoms with Crippen molar-refractivity contribution in [2.75, 3.05) is 27.2 Å². The second-order valence-electron chi connectivity index (χ2n) is 6.11. The fourth-order valence-electron chi connectivity index (χ4n) is 3.08. The number of carbonyl (C=O) groups excluding carboxylic acids is 1. The standard InChI is InChI=1S/C18H28N2O2/c1-20(16-7-4-3-5-8-16)14-6-13-19-18(21)15-9-11-17(22-2)12-10-15/h9-12,16H,3-8,13-14H2,1-2H3,(H,19,21). The van der Waals surface area contributed by atoms with Gasteiger partial charge in [-0.1, -0.05) is 19.3 Å². The molecule has 1 aromatic rings. The van der Waals surface area contributed by atoms with Crippen molar-refractivity contribution in [2.45, 2.75) is 44.6 Å². The Kier molecular flexibility index (Phi) is 6.72. The van der Waals surface area contributed by atoms with Crippen molar-refractivity contribution >= 4 is 5.91 Å². The lowest BCUT2D eigenvalue weighted by Gasteiger charge is -2.31. The first-order valence-electron chi connectivity index (χ1n) is 8.33. The Bertz CT molecular complexity index is 453. The largest absolute Gasteiger partial charge is 0.497 e. The number of rotatable bonds is 7. The third-order valence-corrected chi connectivity index (χ3v) is 4.52. The van der Waals surface area contributed by atoms with E-state index in [9.17, 15) is 4.79 Å². The minimum atomic E-state index is -0.0111. The molecular formula is C18H28N2O2. The van der Waals surface area contributed by atoms with Gasteiger partial charge in [0, 0.05) is 18.2 Å².